The Bertz CT molecular complexity index is 636. The summed E-state index contributed by atoms with van der Waals surface area (Å²) >= 11 is 3.56. The van der Waals surface area contributed by atoms with Gasteiger partial charge < -0.3 is 10.6 Å². The largest absolute Gasteiger partial charge is 0.396 e. The van der Waals surface area contributed by atoms with Crippen LogP contribution in [0.3, 0.4) is 0 Å². The van der Waals surface area contributed by atoms with Gasteiger partial charge in [-0.1, -0.05) is 22.9 Å². The molecule has 0 radical (unpaired) electrons. The number of rotatable bonds is 1. The number of aromatic nitrogens is 1. The Balaban J connectivity index is 2.18. The van der Waals surface area contributed by atoms with Crippen molar-refractivity contribution < 1.29 is 0 Å². The molecule has 1 aliphatic heterocycles. The number of benzene rings is 1. The molecule has 20 heavy (non-hydrogen) atoms. The second-order valence-electron chi connectivity index (χ2n) is 5.91. The molecule has 2 heterocycles. The number of hydrogen-bond acceptors (Lipinski definition) is 3. The SMILES string of the molecule is CC1CCC(C)N(c2c(N)cnc3ccc(Br)cc23)C1. The van der Waals surface area contributed by atoms with Gasteiger partial charge in [0.1, 0.15) is 0 Å². The van der Waals surface area contributed by atoms with Crippen LogP contribution in [0.2, 0.25) is 0 Å². The minimum absolute atomic E-state index is 0.526. The van der Waals surface area contributed by atoms with Crippen molar-refractivity contribution in [1.29, 1.82) is 0 Å². The Morgan fingerprint density at radius 2 is 2.10 bits per heavy atom. The Labute approximate surface area is 128 Å². The maximum atomic E-state index is 6.26. The van der Waals surface area contributed by atoms with E-state index in [1.807, 2.05) is 12.1 Å². The van der Waals surface area contributed by atoms with Crippen LogP contribution in [0, 0.1) is 5.92 Å². The van der Waals surface area contributed by atoms with Crippen LogP contribution in [-0.2, 0) is 0 Å². The molecule has 1 fully saturated rings. The number of hydrogen-bond donors (Lipinski definition) is 1. The Kier molecular flexibility index (Phi) is 3.59. The van der Waals surface area contributed by atoms with Gasteiger partial charge in [0.15, 0.2) is 0 Å². The van der Waals surface area contributed by atoms with Gasteiger partial charge in [0.2, 0.25) is 0 Å². The predicted molar refractivity (Wildman–Crippen MR) is 89.1 cm³/mol. The topological polar surface area (TPSA) is 42.1 Å². The van der Waals surface area contributed by atoms with Gasteiger partial charge in [-0.25, -0.2) is 0 Å². The first-order valence-corrected chi connectivity index (χ1v) is 7.96. The van der Waals surface area contributed by atoms with E-state index in [1.54, 1.807) is 6.20 Å². The van der Waals surface area contributed by atoms with E-state index in [9.17, 15) is 0 Å². The van der Waals surface area contributed by atoms with Crippen molar-refractivity contribution in [2.45, 2.75) is 32.7 Å². The van der Waals surface area contributed by atoms with E-state index >= 15 is 0 Å². The number of anilines is 2. The van der Waals surface area contributed by atoms with Crippen molar-refractivity contribution in [1.82, 2.24) is 4.98 Å². The molecule has 0 saturated carbocycles. The summed E-state index contributed by atoms with van der Waals surface area (Å²) in [6.45, 7) is 5.67. The lowest BCUT2D eigenvalue weighted by Gasteiger charge is -2.39. The summed E-state index contributed by atoms with van der Waals surface area (Å²) in [4.78, 5) is 6.91. The molecule has 0 aliphatic carbocycles. The summed E-state index contributed by atoms with van der Waals surface area (Å²) in [5.74, 6) is 0.709. The highest BCUT2D eigenvalue weighted by atomic mass is 79.9. The number of nitrogen functional groups attached to an aromatic ring is 1. The lowest BCUT2D eigenvalue weighted by Crippen LogP contribution is -2.41. The van der Waals surface area contributed by atoms with Gasteiger partial charge in [0, 0.05) is 22.4 Å². The number of nitrogens with two attached hydrogens (primary N) is 1. The number of piperidine rings is 1. The van der Waals surface area contributed by atoms with E-state index in [1.165, 1.54) is 12.8 Å². The van der Waals surface area contributed by atoms with Gasteiger partial charge in [-0.15, -0.1) is 0 Å². The monoisotopic (exact) mass is 333 g/mol. The highest BCUT2D eigenvalue weighted by Crippen LogP contribution is 2.37. The fraction of sp³-hybridized carbons (Fsp3) is 0.438. The number of halogens is 1. The molecule has 106 valence electrons. The van der Waals surface area contributed by atoms with Crippen LogP contribution in [0.25, 0.3) is 10.9 Å². The quantitative estimate of drug-likeness (QED) is 0.850. The molecule has 1 aliphatic rings. The molecule has 3 nitrogen and oxygen atoms in total. The molecule has 2 N–H and O–H groups in total. The minimum atomic E-state index is 0.526. The molecule has 2 unspecified atom stereocenters. The standard InChI is InChI=1S/C16H20BrN3/c1-10-3-4-11(2)20(9-10)16-13-7-12(17)5-6-15(13)19-8-14(16)18/h5-8,10-11H,3-4,9,18H2,1-2H3. The van der Waals surface area contributed by atoms with E-state index in [0.29, 0.717) is 12.0 Å². The summed E-state index contributed by atoms with van der Waals surface area (Å²) in [6.07, 6.45) is 4.31. The van der Waals surface area contributed by atoms with E-state index in [0.717, 1.165) is 33.3 Å². The van der Waals surface area contributed by atoms with Crippen molar-refractivity contribution in [3.63, 3.8) is 0 Å². The van der Waals surface area contributed by atoms with Crippen molar-refractivity contribution in [2.75, 3.05) is 17.2 Å². The molecule has 1 aromatic carbocycles. The summed E-state index contributed by atoms with van der Waals surface area (Å²) in [5.41, 5.74) is 9.18. The van der Waals surface area contributed by atoms with Crippen LogP contribution in [0.5, 0.6) is 0 Å². The van der Waals surface area contributed by atoms with Crippen molar-refractivity contribution in [2.24, 2.45) is 5.92 Å². The van der Waals surface area contributed by atoms with Crippen LogP contribution in [0.4, 0.5) is 11.4 Å². The second-order valence-corrected chi connectivity index (χ2v) is 6.82. The smallest absolute Gasteiger partial charge is 0.0745 e. The Morgan fingerprint density at radius 3 is 2.90 bits per heavy atom. The molecular weight excluding hydrogens is 314 g/mol. The average molecular weight is 334 g/mol. The summed E-state index contributed by atoms with van der Waals surface area (Å²) in [5, 5.41) is 1.14. The first kappa shape index (κ1) is 13.7. The first-order chi connectivity index (χ1) is 9.56. The Hall–Kier alpha value is -1.29. The summed E-state index contributed by atoms with van der Waals surface area (Å²) in [6, 6.07) is 6.72. The van der Waals surface area contributed by atoms with E-state index in [4.69, 9.17) is 5.73 Å². The molecule has 1 saturated heterocycles. The van der Waals surface area contributed by atoms with Gasteiger partial charge in [-0.05, 0) is 43.9 Å². The molecule has 2 atom stereocenters. The van der Waals surface area contributed by atoms with E-state index < -0.39 is 0 Å². The van der Waals surface area contributed by atoms with Crippen LogP contribution in [0.15, 0.2) is 28.9 Å². The normalized spacial score (nSPS) is 23.2. The van der Waals surface area contributed by atoms with Crippen molar-refractivity contribution in [3.8, 4) is 0 Å². The summed E-state index contributed by atoms with van der Waals surface area (Å²) in [7, 11) is 0. The van der Waals surface area contributed by atoms with Crippen molar-refractivity contribution >= 4 is 38.2 Å². The first-order valence-electron chi connectivity index (χ1n) is 7.16. The lowest BCUT2D eigenvalue weighted by atomic mass is 9.94. The van der Waals surface area contributed by atoms with E-state index in [2.05, 4.69) is 45.7 Å². The zero-order valence-electron chi connectivity index (χ0n) is 11.9. The predicted octanol–water partition coefficient (Wildman–Crippen LogP) is 4.20. The number of fused-ring (bicyclic) bond motifs is 1. The van der Waals surface area contributed by atoms with Crippen LogP contribution in [-0.4, -0.2) is 17.6 Å². The molecular formula is C16H20BrN3. The van der Waals surface area contributed by atoms with Gasteiger partial charge in [0.05, 0.1) is 23.1 Å². The molecule has 0 amide bonds. The van der Waals surface area contributed by atoms with Gasteiger partial charge >= 0.3 is 0 Å². The highest BCUT2D eigenvalue weighted by Gasteiger charge is 2.26. The summed E-state index contributed by atoms with van der Waals surface area (Å²) < 4.78 is 1.07. The molecule has 0 bridgehead atoms. The molecule has 4 heteroatoms. The molecule has 2 aromatic rings. The van der Waals surface area contributed by atoms with Crippen LogP contribution in [0.1, 0.15) is 26.7 Å². The van der Waals surface area contributed by atoms with Crippen LogP contribution < -0.4 is 10.6 Å². The average Bonchev–Trinajstić information content (AvgIpc) is 2.42. The maximum absolute atomic E-state index is 6.26. The fourth-order valence-electron chi connectivity index (χ4n) is 3.09. The molecule has 0 spiro atoms. The number of nitrogens with zero attached hydrogens (tertiary/aromatic N) is 2. The highest BCUT2D eigenvalue weighted by molar-refractivity contribution is 9.10. The molecule has 3 rings (SSSR count). The molecule has 1 aromatic heterocycles. The zero-order valence-corrected chi connectivity index (χ0v) is 13.5. The second kappa shape index (κ2) is 5.24. The third-order valence-corrected chi connectivity index (χ3v) is 4.73. The Morgan fingerprint density at radius 1 is 1.30 bits per heavy atom. The zero-order chi connectivity index (χ0) is 14.3. The third-order valence-electron chi connectivity index (χ3n) is 4.23. The van der Waals surface area contributed by atoms with E-state index in [-0.39, 0.29) is 0 Å². The van der Waals surface area contributed by atoms with Gasteiger partial charge in [0.25, 0.3) is 0 Å². The third kappa shape index (κ3) is 2.37. The van der Waals surface area contributed by atoms with Crippen LogP contribution >= 0.6 is 15.9 Å². The maximum Gasteiger partial charge on any atom is 0.0745 e. The van der Waals surface area contributed by atoms with Crippen molar-refractivity contribution in [3.05, 3.63) is 28.9 Å². The fourth-order valence-corrected chi connectivity index (χ4v) is 3.45. The lowest BCUT2D eigenvalue weighted by molar-refractivity contribution is 0.391. The van der Waals surface area contributed by atoms with Gasteiger partial charge in [-0.2, -0.15) is 0 Å². The minimum Gasteiger partial charge on any atom is -0.396 e. The number of pyridine rings is 1. The van der Waals surface area contributed by atoms with Gasteiger partial charge in [-0.3, -0.25) is 4.98 Å².